The molecular weight excluding hydrogens is 389 g/mol. The van der Waals surface area contributed by atoms with E-state index in [1.165, 1.54) is 24.3 Å². The van der Waals surface area contributed by atoms with Crippen molar-refractivity contribution in [1.29, 1.82) is 0 Å². The van der Waals surface area contributed by atoms with Gasteiger partial charge in [0.25, 0.3) is 5.91 Å². The number of oxazole rings is 1. The third kappa shape index (κ3) is 4.16. The minimum absolute atomic E-state index is 0.0683. The van der Waals surface area contributed by atoms with E-state index >= 15 is 0 Å². The Balaban J connectivity index is 1.38. The number of hydrogen-bond donors (Lipinski definition) is 0. The maximum absolute atomic E-state index is 12.6. The zero-order valence-corrected chi connectivity index (χ0v) is 15.6. The molecule has 2 aromatic carbocycles. The monoisotopic (exact) mass is 406 g/mol. The molecule has 28 heavy (non-hydrogen) atoms. The van der Waals surface area contributed by atoms with Gasteiger partial charge in [-0.25, -0.2) is 4.98 Å². The average Bonchev–Trinajstić information content (AvgIpc) is 3.11. The topological polar surface area (TPSA) is 46.3 Å². The zero-order chi connectivity index (χ0) is 19.7. The smallest absolute Gasteiger partial charge is 0.440 e. The minimum Gasteiger partial charge on any atom is -0.440 e. The van der Waals surface area contributed by atoms with Gasteiger partial charge in [-0.05, 0) is 61.0 Å². The summed E-state index contributed by atoms with van der Waals surface area (Å²) in [7, 11) is 0. The maximum atomic E-state index is 12.6. The fourth-order valence-electron chi connectivity index (χ4n) is 3.38. The molecule has 1 amide bonds. The lowest BCUT2D eigenvalue weighted by Crippen LogP contribution is -2.37. The molecule has 0 N–H and O–H groups in total. The number of hydrogen-bond acceptors (Lipinski definition) is 4. The SMILES string of the molecule is O=C(c1ccc(SC(F)(F)F)cc1)N1CCC(c2nc3ccccc3o2)CC1. The van der Waals surface area contributed by atoms with Crippen LogP contribution in [0.1, 0.15) is 35.0 Å². The number of likely N-dealkylation sites (tertiary alicyclic amines) is 1. The molecule has 0 aliphatic carbocycles. The summed E-state index contributed by atoms with van der Waals surface area (Å²) in [5.41, 5.74) is -2.36. The summed E-state index contributed by atoms with van der Waals surface area (Å²) in [6, 6.07) is 13.2. The molecule has 1 aliphatic rings. The van der Waals surface area contributed by atoms with Crippen LogP contribution in [0.3, 0.4) is 0 Å². The van der Waals surface area contributed by atoms with Crippen LogP contribution in [0.5, 0.6) is 0 Å². The van der Waals surface area contributed by atoms with E-state index in [9.17, 15) is 18.0 Å². The molecule has 4 rings (SSSR count). The normalized spacial score (nSPS) is 15.9. The number of aromatic nitrogens is 1. The number of piperidine rings is 1. The van der Waals surface area contributed by atoms with Crippen LogP contribution in [0, 0.1) is 0 Å². The number of carbonyl (C=O) groups is 1. The summed E-state index contributed by atoms with van der Waals surface area (Å²) >= 11 is -0.186. The van der Waals surface area contributed by atoms with Gasteiger partial charge in [0.15, 0.2) is 11.5 Å². The molecule has 1 aromatic heterocycles. The fraction of sp³-hybridized carbons (Fsp3) is 0.300. The van der Waals surface area contributed by atoms with E-state index in [0.717, 1.165) is 23.9 Å². The standard InChI is InChI=1S/C20H17F3N2O2S/c21-20(22,23)28-15-7-5-14(6-8-15)19(26)25-11-9-13(10-12-25)18-24-16-3-1-2-4-17(16)27-18/h1-8,13H,9-12H2. The Labute approximate surface area is 163 Å². The Bertz CT molecular complexity index is 944. The highest BCUT2D eigenvalue weighted by Gasteiger charge is 2.30. The van der Waals surface area contributed by atoms with Crippen LogP contribution in [-0.4, -0.2) is 34.4 Å². The number of amides is 1. The van der Waals surface area contributed by atoms with Gasteiger partial charge < -0.3 is 9.32 Å². The molecule has 3 aromatic rings. The molecule has 1 aliphatic heterocycles. The van der Waals surface area contributed by atoms with Gasteiger partial charge in [0.05, 0.1) is 0 Å². The number of nitrogens with zero attached hydrogens (tertiary/aromatic N) is 2. The van der Waals surface area contributed by atoms with E-state index in [-0.39, 0.29) is 28.5 Å². The second-order valence-corrected chi connectivity index (χ2v) is 7.80. The van der Waals surface area contributed by atoms with E-state index in [1.54, 1.807) is 4.90 Å². The third-order valence-corrected chi connectivity index (χ3v) is 5.52. The molecule has 4 nitrogen and oxygen atoms in total. The van der Waals surface area contributed by atoms with Gasteiger partial charge in [0, 0.05) is 29.5 Å². The molecule has 2 heterocycles. The van der Waals surface area contributed by atoms with Crippen LogP contribution in [0.2, 0.25) is 0 Å². The summed E-state index contributed by atoms with van der Waals surface area (Å²) in [4.78, 5) is 19.0. The van der Waals surface area contributed by atoms with Crippen molar-refractivity contribution in [3.8, 4) is 0 Å². The van der Waals surface area contributed by atoms with E-state index in [1.807, 2.05) is 24.3 Å². The Hall–Kier alpha value is -2.48. The molecule has 0 bridgehead atoms. The van der Waals surface area contributed by atoms with Crippen LogP contribution < -0.4 is 0 Å². The van der Waals surface area contributed by atoms with Gasteiger partial charge in [0.2, 0.25) is 0 Å². The summed E-state index contributed by atoms with van der Waals surface area (Å²) in [6.07, 6.45) is 1.47. The summed E-state index contributed by atoms with van der Waals surface area (Å²) < 4.78 is 43.1. The first-order valence-electron chi connectivity index (χ1n) is 8.89. The van der Waals surface area contributed by atoms with Crippen LogP contribution in [0.4, 0.5) is 13.2 Å². The molecule has 146 valence electrons. The number of alkyl halides is 3. The Kier molecular flexibility index (Phi) is 5.05. The van der Waals surface area contributed by atoms with Crippen molar-refractivity contribution < 1.29 is 22.4 Å². The zero-order valence-electron chi connectivity index (χ0n) is 14.8. The van der Waals surface area contributed by atoms with Gasteiger partial charge in [0.1, 0.15) is 5.52 Å². The molecule has 1 fully saturated rings. The second-order valence-electron chi connectivity index (χ2n) is 6.66. The Morgan fingerprint density at radius 1 is 1.07 bits per heavy atom. The molecular formula is C20H17F3N2O2S. The number of rotatable bonds is 3. The maximum Gasteiger partial charge on any atom is 0.446 e. The number of halogens is 3. The van der Waals surface area contributed by atoms with Crippen molar-refractivity contribution in [1.82, 2.24) is 9.88 Å². The van der Waals surface area contributed by atoms with Gasteiger partial charge in [-0.15, -0.1) is 0 Å². The summed E-state index contributed by atoms with van der Waals surface area (Å²) in [5, 5.41) is 0. The highest BCUT2D eigenvalue weighted by Crippen LogP contribution is 2.37. The van der Waals surface area contributed by atoms with Gasteiger partial charge >= 0.3 is 5.51 Å². The molecule has 0 unspecified atom stereocenters. The summed E-state index contributed by atoms with van der Waals surface area (Å²) in [5.74, 6) is 0.684. The number of thioether (sulfide) groups is 1. The van der Waals surface area contributed by atoms with Crippen molar-refractivity contribution in [2.75, 3.05) is 13.1 Å². The molecule has 0 atom stereocenters. The molecule has 1 saturated heterocycles. The van der Waals surface area contributed by atoms with Crippen LogP contribution in [0.15, 0.2) is 57.8 Å². The predicted molar refractivity (Wildman–Crippen MR) is 100 cm³/mol. The van der Waals surface area contributed by atoms with Gasteiger partial charge in [-0.1, -0.05) is 12.1 Å². The van der Waals surface area contributed by atoms with Crippen molar-refractivity contribution in [2.45, 2.75) is 29.2 Å². The number of carbonyl (C=O) groups excluding carboxylic acids is 1. The summed E-state index contributed by atoms with van der Waals surface area (Å²) in [6.45, 7) is 1.11. The van der Waals surface area contributed by atoms with E-state index in [0.29, 0.717) is 24.5 Å². The van der Waals surface area contributed by atoms with Crippen molar-refractivity contribution in [3.05, 3.63) is 60.0 Å². The lowest BCUT2D eigenvalue weighted by molar-refractivity contribution is -0.0328. The Morgan fingerprint density at radius 3 is 2.39 bits per heavy atom. The lowest BCUT2D eigenvalue weighted by atomic mass is 9.96. The molecule has 0 saturated carbocycles. The lowest BCUT2D eigenvalue weighted by Gasteiger charge is -2.30. The molecule has 0 spiro atoms. The highest BCUT2D eigenvalue weighted by molar-refractivity contribution is 8.00. The van der Waals surface area contributed by atoms with Crippen molar-refractivity contribution >= 4 is 28.8 Å². The fourth-order valence-corrected chi connectivity index (χ4v) is 3.92. The molecule has 0 radical (unpaired) electrons. The van der Waals surface area contributed by atoms with Crippen molar-refractivity contribution in [2.24, 2.45) is 0 Å². The van der Waals surface area contributed by atoms with Gasteiger partial charge in [-0.3, -0.25) is 4.79 Å². The Morgan fingerprint density at radius 2 is 1.75 bits per heavy atom. The first kappa shape index (κ1) is 18.9. The van der Waals surface area contributed by atoms with Crippen LogP contribution in [-0.2, 0) is 0 Å². The number of benzene rings is 2. The average molecular weight is 406 g/mol. The first-order valence-corrected chi connectivity index (χ1v) is 9.71. The quantitative estimate of drug-likeness (QED) is 0.542. The van der Waals surface area contributed by atoms with Crippen molar-refractivity contribution in [3.63, 3.8) is 0 Å². The van der Waals surface area contributed by atoms with Gasteiger partial charge in [-0.2, -0.15) is 13.2 Å². The van der Waals surface area contributed by atoms with E-state index in [2.05, 4.69) is 4.98 Å². The van der Waals surface area contributed by atoms with E-state index < -0.39 is 5.51 Å². The minimum atomic E-state index is -4.34. The number of fused-ring (bicyclic) bond motifs is 1. The predicted octanol–water partition coefficient (Wildman–Crippen LogP) is 5.46. The van der Waals surface area contributed by atoms with Crippen LogP contribution in [0.25, 0.3) is 11.1 Å². The van der Waals surface area contributed by atoms with E-state index in [4.69, 9.17) is 4.42 Å². The first-order chi connectivity index (χ1) is 13.4. The molecule has 8 heteroatoms. The largest absolute Gasteiger partial charge is 0.446 e. The second kappa shape index (κ2) is 7.50. The third-order valence-electron chi connectivity index (χ3n) is 4.78. The van der Waals surface area contributed by atoms with Crippen LogP contribution >= 0.6 is 11.8 Å². The highest BCUT2D eigenvalue weighted by atomic mass is 32.2. The number of para-hydroxylation sites is 2.